The number of hydrogen-bond acceptors (Lipinski definition) is 3. The molecule has 1 aliphatic rings. The fraction of sp³-hybridized carbons (Fsp3) is 0.933. The van der Waals surface area contributed by atoms with Gasteiger partial charge in [0.15, 0.2) is 5.96 Å². The molecular weight excluding hydrogens is 379 g/mol. The largest absolute Gasteiger partial charge is 0.383 e. The highest BCUT2D eigenvalue weighted by molar-refractivity contribution is 14.0. The van der Waals surface area contributed by atoms with Crippen LogP contribution in [0.25, 0.3) is 0 Å². The lowest BCUT2D eigenvalue weighted by Gasteiger charge is -2.35. The Labute approximate surface area is 147 Å². The Morgan fingerprint density at radius 1 is 1.33 bits per heavy atom. The Bertz CT molecular complexity index is 291. The maximum atomic E-state index is 5.12. The second kappa shape index (κ2) is 11.5. The summed E-state index contributed by atoms with van der Waals surface area (Å²) in [5.41, 5.74) is 0. The third-order valence-electron chi connectivity index (χ3n) is 3.69. The molecule has 0 amide bonds. The summed E-state index contributed by atoms with van der Waals surface area (Å²) in [6.45, 7) is 11.9. The molecule has 1 heterocycles. The van der Waals surface area contributed by atoms with Crippen molar-refractivity contribution in [3.8, 4) is 0 Å². The Balaban J connectivity index is 0.00000400. The molecule has 0 bridgehead atoms. The Hall–Kier alpha value is -0.0800. The van der Waals surface area contributed by atoms with Crippen LogP contribution in [0.4, 0.5) is 0 Å². The molecule has 5 nitrogen and oxygen atoms in total. The molecule has 126 valence electrons. The smallest absolute Gasteiger partial charge is 0.191 e. The molecule has 6 heteroatoms. The first kappa shape index (κ1) is 20.9. The molecular formula is C15H33IN4O. The minimum Gasteiger partial charge on any atom is -0.383 e. The highest BCUT2D eigenvalue weighted by Gasteiger charge is 2.21. The summed E-state index contributed by atoms with van der Waals surface area (Å²) in [7, 11) is 3.52. The van der Waals surface area contributed by atoms with Crippen LogP contribution in [-0.4, -0.2) is 63.8 Å². The molecule has 0 spiro atoms. The predicted octanol–water partition coefficient (Wildman–Crippen LogP) is 1.78. The normalized spacial score (nSPS) is 25.1. The molecule has 21 heavy (non-hydrogen) atoms. The molecule has 0 aliphatic carbocycles. The first-order chi connectivity index (χ1) is 9.55. The van der Waals surface area contributed by atoms with Crippen LogP contribution in [0, 0.1) is 11.8 Å². The van der Waals surface area contributed by atoms with Crippen molar-refractivity contribution in [1.82, 2.24) is 15.5 Å². The Morgan fingerprint density at radius 3 is 2.48 bits per heavy atom. The quantitative estimate of drug-likeness (QED) is 0.397. The van der Waals surface area contributed by atoms with Gasteiger partial charge in [-0.05, 0) is 25.2 Å². The molecule has 0 aromatic rings. The minimum atomic E-state index is 0. The summed E-state index contributed by atoms with van der Waals surface area (Å²) >= 11 is 0. The third kappa shape index (κ3) is 8.83. The van der Waals surface area contributed by atoms with Crippen molar-refractivity contribution in [3.05, 3.63) is 0 Å². The van der Waals surface area contributed by atoms with Crippen molar-refractivity contribution in [2.24, 2.45) is 16.8 Å². The minimum absolute atomic E-state index is 0. The summed E-state index contributed by atoms with van der Waals surface area (Å²) in [4.78, 5) is 6.80. The summed E-state index contributed by atoms with van der Waals surface area (Å²) < 4.78 is 5.12. The van der Waals surface area contributed by atoms with Gasteiger partial charge in [0, 0.05) is 46.4 Å². The van der Waals surface area contributed by atoms with Crippen LogP contribution in [0.1, 0.15) is 27.2 Å². The monoisotopic (exact) mass is 412 g/mol. The number of piperidine rings is 1. The van der Waals surface area contributed by atoms with Crippen molar-refractivity contribution in [2.75, 3.05) is 46.9 Å². The fourth-order valence-electron chi connectivity index (χ4n) is 3.03. The number of nitrogens with one attached hydrogen (secondary N) is 2. The number of rotatable bonds is 6. The first-order valence-electron chi connectivity index (χ1n) is 7.73. The van der Waals surface area contributed by atoms with Crippen LogP contribution in [0.5, 0.6) is 0 Å². The van der Waals surface area contributed by atoms with Gasteiger partial charge in [0.05, 0.1) is 6.61 Å². The standard InChI is InChI=1S/C15H32N4O.HI/c1-12-8-13(2)10-19(9-12)7-6-17-15(16-4)18-14(3)11-20-5;/h12-14H,6-11H2,1-5H3,(H2,16,17,18);1H. The second-order valence-electron chi connectivity index (χ2n) is 6.21. The molecule has 1 aliphatic heterocycles. The number of likely N-dealkylation sites (tertiary alicyclic amines) is 1. The van der Waals surface area contributed by atoms with Gasteiger partial charge in [-0.25, -0.2) is 0 Å². The van der Waals surface area contributed by atoms with E-state index in [1.165, 1.54) is 19.5 Å². The van der Waals surface area contributed by atoms with E-state index in [0.717, 1.165) is 30.9 Å². The van der Waals surface area contributed by atoms with Gasteiger partial charge < -0.3 is 20.3 Å². The molecule has 0 aromatic heterocycles. The van der Waals surface area contributed by atoms with Gasteiger partial charge >= 0.3 is 0 Å². The van der Waals surface area contributed by atoms with E-state index in [0.29, 0.717) is 6.61 Å². The van der Waals surface area contributed by atoms with E-state index in [9.17, 15) is 0 Å². The molecule has 2 N–H and O–H groups in total. The summed E-state index contributed by atoms with van der Waals surface area (Å²) in [5, 5.41) is 6.70. The van der Waals surface area contributed by atoms with Gasteiger partial charge in [0.1, 0.15) is 0 Å². The number of hydrogen-bond donors (Lipinski definition) is 2. The predicted molar refractivity (Wildman–Crippen MR) is 101 cm³/mol. The van der Waals surface area contributed by atoms with E-state index < -0.39 is 0 Å². The van der Waals surface area contributed by atoms with Crippen molar-refractivity contribution < 1.29 is 4.74 Å². The average Bonchev–Trinajstić information content (AvgIpc) is 2.36. The van der Waals surface area contributed by atoms with Gasteiger partial charge in [0.25, 0.3) is 0 Å². The van der Waals surface area contributed by atoms with Crippen molar-refractivity contribution in [3.63, 3.8) is 0 Å². The molecule has 1 rings (SSSR count). The van der Waals surface area contributed by atoms with Gasteiger partial charge in [-0.3, -0.25) is 4.99 Å². The molecule has 0 saturated carbocycles. The van der Waals surface area contributed by atoms with Gasteiger partial charge in [-0.2, -0.15) is 0 Å². The number of aliphatic imine (C=N–C) groups is 1. The summed E-state index contributed by atoms with van der Waals surface area (Å²) in [5.74, 6) is 2.49. The molecule has 3 atom stereocenters. The van der Waals surface area contributed by atoms with Crippen LogP contribution in [0.2, 0.25) is 0 Å². The highest BCUT2D eigenvalue weighted by atomic mass is 127. The zero-order valence-corrected chi connectivity index (χ0v) is 16.5. The van der Waals surface area contributed by atoms with E-state index >= 15 is 0 Å². The molecule has 0 radical (unpaired) electrons. The van der Waals surface area contributed by atoms with Crippen molar-refractivity contribution in [1.29, 1.82) is 0 Å². The van der Waals surface area contributed by atoms with E-state index in [2.05, 4.69) is 41.3 Å². The Morgan fingerprint density at radius 2 is 1.95 bits per heavy atom. The lowest BCUT2D eigenvalue weighted by Crippen LogP contribution is -2.47. The fourth-order valence-corrected chi connectivity index (χ4v) is 3.03. The van der Waals surface area contributed by atoms with Crippen LogP contribution in [-0.2, 0) is 4.74 Å². The SMILES string of the molecule is CN=C(NCCN1CC(C)CC(C)C1)NC(C)COC.I. The van der Waals surface area contributed by atoms with Crippen molar-refractivity contribution in [2.45, 2.75) is 33.2 Å². The van der Waals surface area contributed by atoms with E-state index in [1.54, 1.807) is 14.2 Å². The van der Waals surface area contributed by atoms with Gasteiger partial charge in [-0.15, -0.1) is 24.0 Å². The summed E-state index contributed by atoms with van der Waals surface area (Å²) in [6, 6.07) is 0.265. The topological polar surface area (TPSA) is 48.9 Å². The maximum absolute atomic E-state index is 5.12. The zero-order valence-electron chi connectivity index (χ0n) is 14.2. The molecule has 1 saturated heterocycles. The molecule has 1 fully saturated rings. The molecule has 0 aromatic carbocycles. The van der Waals surface area contributed by atoms with Crippen molar-refractivity contribution >= 4 is 29.9 Å². The lowest BCUT2D eigenvalue weighted by atomic mass is 9.92. The number of ether oxygens (including phenoxy) is 1. The van der Waals surface area contributed by atoms with Gasteiger partial charge in [-0.1, -0.05) is 13.8 Å². The van der Waals surface area contributed by atoms with Crippen LogP contribution >= 0.6 is 24.0 Å². The van der Waals surface area contributed by atoms with Crippen LogP contribution in [0.15, 0.2) is 4.99 Å². The Kier molecular flexibility index (Phi) is 11.4. The van der Waals surface area contributed by atoms with E-state index in [-0.39, 0.29) is 30.0 Å². The number of nitrogens with zero attached hydrogens (tertiary/aromatic N) is 2. The second-order valence-corrected chi connectivity index (χ2v) is 6.21. The first-order valence-corrected chi connectivity index (χ1v) is 7.73. The number of methoxy groups -OCH3 is 1. The lowest BCUT2D eigenvalue weighted by molar-refractivity contribution is 0.143. The highest BCUT2D eigenvalue weighted by Crippen LogP contribution is 2.20. The third-order valence-corrected chi connectivity index (χ3v) is 3.69. The summed E-state index contributed by atoms with van der Waals surface area (Å²) in [6.07, 6.45) is 1.36. The average molecular weight is 412 g/mol. The molecule has 3 unspecified atom stereocenters. The van der Waals surface area contributed by atoms with Crippen LogP contribution < -0.4 is 10.6 Å². The maximum Gasteiger partial charge on any atom is 0.191 e. The zero-order chi connectivity index (χ0) is 15.0. The van der Waals surface area contributed by atoms with E-state index in [1.807, 2.05) is 0 Å². The number of halogens is 1. The van der Waals surface area contributed by atoms with E-state index in [4.69, 9.17) is 4.74 Å². The van der Waals surface area contributed by atoms with Gasteiger partial charge in [0.2, 0.25) is 0 Å². The number of guanidine groups is 1. The van der Waals surface area contributed by atoms with Crippen LogP contribution in [0.3, 0.4) is 0 Å².